The van der Waals surface area contributed by atoms with E-state index >= 15 is 0 Å². The molecule has 0 heterocycles. The lowest BCUT2D eigenvalue weighted by molar-refractivity contribution is -0.132. The van der Waals surface area contributed by atoms with E-state index in [4.69, 9.17) is 21.1 Å². The lowest BCUT2D eigenvalue weighted by Gasteiger charge is -2.16. The van der Waals surface area contributed by atoms with Crippen LogP contribution in [-0.2, 0) is 9.59 Å². The maximum atomic E-state index is 12.2. The molecule has 0 aliphatic rings. The van der Waals surface area contributed by atoms with Gasteiger partial charge in [0.05, 0.1) is 4.90 Å². The number of carbonyl (C=O) groups excluding carboxylic acids is 2. The first kappa shape index (κ1) is 20.0. The first-order valence-electron chi connectivity index (χ1n) is 8.40. The third-order valence-electron chi connectivity index (χ3n) is 3.75. The summed E-state index contributed by atoms with van der Waals surface area (Å²) in [5.41, 5.74) is 0.279. The highest BCUT2D eigenvalue weighted by molar-refractivity contribution is 7.99. The van der Waals surface area contributed by atoms with Crippen LogP contribution in [-0.4, -0.2) is 11.9 Å². The average molecular weight is 413 g/mol. The normalized spacial score (nSPS) is 10.5. The highest BCUT2D eigenvalue weighted by Crippen LogP contribution is 2.45. The Hall–Kier alpha value is -2.76. The van der Waals surface area contributed by atoms with E-state index in [9.17, 15) is 9.59 Å². The Balaban J connectivity index is 2.24. The highest BCUT2D eigenvalue weighted by Gasteiger charge is 2.20. The van der Waals surface area contributed by atoms with Crippen LogP contribution in [0.5, 0.6) is 11.5 Å². The van der Waals surface area contributed by atoms with Crippen molar-refractivity contribution in [3.05, 3.63) is 71.8 Å². The largest absolute Gasteiger partial charge is 0.426 e. The number of hydrogen-bond donors (Lipinski definition) is 0. The second-order valence-corrected chi connectivity index (χ2v) is 7.62. The lowest BCUT2D eigenvalue weighted by Crippen LogP contribution is -2.10. The molecule has 0 aromatic heterocycles. The zero-order chi connectivity index (χ0) is 20.3. The number of rotatable bonds is 5. The lowest BCUT2D eigenvalue weighted by atomic mass is 10.1. The molecule has 0 bridgehead atoms. The number of esters is 2. The van der Waals surface area contributed by atoms with Crippen molar-refractivity contribution < 1.29 is 19.1 Å². The number of benzene rings is 3. The van der Waals surface area contributed by atoms with E-state index in [1.807, 2.05) is 30.3 Å². The van der Waals surface area contributed by atoms with Crippen LogP contribution in [0.2, 0.25) is 5.02 Å². The molecule has 3 aromatic rings. The van der Waals surface area contributed by atoms with Crippen LogP contribution in [0.4, 0.5) is 0 Å². The van der Waals surface area contributed by atoms with E-state index in [0.717, 1.165) is 4.90 Å². The fourth-order valence-corrected chi connectivity index (χ4v) is 3.66. The summed E-state index contributed by atoms with van der Waals surface area (Å²) in [5, 5.41) is 1.65. The van der Waals surface area contributed by atoms with Gasteiger partial charge in [-0.25, -0.2) is 4.79 Å². The van der Waals surface area contributed by atoms with Gasteiger partial charge in [0.25, 0.3) is 0 Å². The van der Waals surface area contributed by atoms with E-state index < -0.39 is 11.9 Å². The van der Waals surface area contributed by atoms with E-state index in [-0.39, 0.29) is 5.57 Å². The summed E-state index contributed by atoms with van der Waals surface area (Å²) in [6, 6.07) is 16.4. The number of fused-ring (bicyclic) bond motifs is 1. The molecular weight excluding hydrogens is 396 g/mol. The summed E-state index contributed by atoms with van der Waals surface area (Å²) in [6.07, 6.45) is 0. The molecule has 0 atom stereocenters. The topological polar surface area (TPSA) is 52.6 Å². The molecule has 4 nitrogen and oxygen atoms in total. The minimum Gasteiger partial charge on any atom is -0.426 e. The predicted octanol–water partition coefficient (Wildman–Crippen LogP) is 6.05. The van der Waals surface area contributed by atoms with Crippen LogP contribution in [0.15, 0.2) is 76.5 Å². The molecule has 0 aliphatic carbocycles. The SMILES string of the molecule is C=C(C)C(=O)Oc1c(Sc2ccccc2)cc(OC(C)=O)c2cc(Cl)ccc12. The molecule has 6 heteroatoms. The first-order chi connectivity index (χ1) is 13.3. The van der Waals surface area contributed by atoms with Crippen LogP contribution in [0.25, 0.3) is 10.8 Å². The van der Waals surface area contributed by atoms with Crippen LogP contribution < -0.4 is 9.47 Å². The molecule has 0 aliphatic heterocycles. The molecule has 0 N–H and O–H groups in total. The minimum atomic E-state index is -0.536. The molecule has 0 fully saturated rings. The molecule has 0 spiro atoms. The van der Waals surface area contributed by atoms with Gasteiger partial charge in [0.1, 0.15) is 5.75 Å². The van der Waals surface area contributed by atoms with Crippen LogP contribution >= 0.6 is 23.4 Å². The van der Waals surface area contributed by atoms with Gasteiger partial charge in [-0.3, -0.25) is 4.79 Å². The van der Waals surface area contributed by atoms with E-state index in [0.29, 0.717) is 32.2 Å². The van der Waals surface area contributed by atoms with Gasteiger partial charge in [0.2, 0.25) is 0 Å². The van der Waals surface area contributed by atoms with Gasteiger partial charge in [0.15, 0.2) is 5.75 Å². The third-order valence-corrected chi connectivity index (χ3v) is 5.01. The number of ether oxygens (including phenoxy) is 2. The van der Waals surface area contributed by atoms with E-state index in [1.165, 1.54) is 18.7 Å². The maximum Gasteiger partial charge on any atom is 0.338 e. The van der Waals surface area contributed by atoms with Crippen LogP contribution in [0.1, 0.15) is 13.8 Å². The molecule has 0 unspecified atom stereocenters. The summed E-state index contributed by atoms with van der Waals surface area (Å²) in [5.74, 6) is -0.280. The number of hydrogen-bond acceptors (Lipinski definition) is 5. The molecule has 28 heavy (non-hydrogen) atoms. The fraction of sp³-hybridized carbons (Fsp3) is 0.0909. The monoisotopic (exact) mass is 412 g/mol. The Labute approximate surface area is 172 Å². The Morgan fingerprint density at radius 2 is 1.68 bits per heavy atom. The van der Waals surface area contributed by atoms with Crippen LogP contribution in [0, 0.1) is 0 Å². The summed E-state index contributed by atoms with van der Waals surface area (Å²) in [6.45, 7) is 6.55. The molecule has 0 radical (unpaired) electrons. The Kier molecular flexibility index (Phi) is 6.07. The zero-order valence-electron chi connectivity index (χ0n) is 15.3. The number of carbonyl (C=O) groups is 2. The van der Waals surface area contributed by atoms with Crippen molar-refractivity contribution in [1.29, 1.82) is 0 Å². The molecular formula is C22H17ClO4S. The summed E-state index contributed by atoms with van der Waals surface area (Å²) in [4.78, 5) is 25.4. The summed E-state index contributed by atoms with van der Waals surface area (Å²) in [7, 11) is 0. The van der Waals surface area contributed by atoms with Crippen LogP contribution in [0.3, 0.4) is 0 Å². The Morgan fingerprint density at radius 1 is 0.964 bits per heavy atom. The van der Waals surface area contributed by atoms with Gasteiger partial charge in [-0.05, 0) is 43.3 Å². The average Bonchev–Trinajstić information content (AvgIpc) is 2.64. The second-order valence-electron chi connectivity index (χ2n) is 6.07. The standard InChI is InChI=1S/C22H17ClO4S/c1-13(2)22(25)27-21-17-10-9-15(23)11-18(17)19(26-14(3)24)12-20(21)28-16-7-5-4-6-8-16/h4-12H,1H2,2-3H3. The van der Waals surface area contributed by atoms with Crippen molar-refractivity contribution in [3.63, 3.8) is 0 Å². The quantitative estimate of drug-likeness (QED) is 0.290. The van der Waals surface area contributed by atoms with Crippen molar-refractivity contribution in [1.82, 2.24) is 0 Å². The van der Waals surface area contributed by atoms with Crippen molar-refractivity contribution in [3.8, 4) is 11.5 Å². The van der Waals surface area contributed by atoms with E-state index in [1.54, 1.807) is 31.2 Å². The molecule has 3 rings (SSSR count). The first-order valence-corrected chi connectivity index (χ1v) is 9.60. The van der Waals surface area contributed by atoms with Gasteiger partial charge in [0, 0.05) is 33.2 Å². The molecule has 0 amide bonds. The van der Waals surface area contributed by atoms with Crippen molar-refractivity contribution >= 4 is 46.1 Å². The Morgan fingerprint density at radius 3 is 2.32 bits per heavy atom. The van der Waals surface area contributed by atoms with Gasteiger partial charge in [-0.2, -0.15) is 0 Å². The minimum absolute atomic E-state index is 0.279. The summed E-state index contributed by atoms with van der Waals surface area (Å²) >= 11 is 7.53. The Bertz CT molecular complexity index is 1080. The molecule has 142 valence electrons. The number of halogens is 1. The fourth-order valence-electron chi connectivity index (χ4n) is 2.53. The predicted molar refractivity (Wildman–Crippen MR) is 111 cm³/mol. The van der Waals surface area contributed by atoms with Crippen molar-refractivity contribution in [2.24, 2.45) is 0 Å². The summed E-state index contributed by atoms with van der Waals surface area (Å²) < 4.78 is 11.0. The zero-order valence-corrected chi connectivity index (χ0v) is 16.9. The highest BCUT2D eigenvalue weighted by atomic mass is 35.5. The second kappa shape index (κ2) is 8.50. The van der Waals surface area contributed by atoms with Crippen molar-refractivity contribution in [2.75, 3.05) is 0 Å². The van der Waals surface area contributed by atoms with Gasteiger partial charge >= 0.3 is 11.9 Å². The van der Waals surface area contributed by atoms with E-state index in [2.05, 4.69) is 6.58 Å². The third kappa shape index (κ3) is 4.55. The molecule has 3 aromatic carbocycles. The maximum absolute atomic E-state index is 12.2. The molecule has 0 saturated heterocycles. The molecule has 0 saturated carbocycles. The van der Waals surface area contributed by atoms with Gasteiger partial charge in [-0.15, -0.1) is 0 Å². The van der Waals surface area contributed by atoms with Gasteiger partial charge in [-0.1, -0.05) is 48.1 Å². The van der Waals surface area contributed by atoms with Gasteiger partial charge < -0.3 is 9.47 Å². The van der Waals surface area contributed by atoms with Crippen molar-refractivity contribution in [2.45, 2.75) is 23.6 Å². The smallest absolute Gasteiger partial charge is 0.338 e.